The summed E-state index contributed by atoms with van der Waals surface area (Å²) in [6, 6.07) is 0. The third-order valence-corrected chi connectivity index (χ3v) is 2.19. The highest BCUT2D eigenvalue weighted by Gasteiger charge is 2.15. The minimum Gasteiger partial charge on any atom is -0.208 e. The van der Waals surface area contributed by atoms with Gasteiger partial charge in [-0.2, -0.15) is 5.10 Å². The molecule has 2 heterocycles. The Bertz CT molecular complexity index is 193. The first-order valence-electron chi connectivity index (χ1n) is 4.46. The van der Waals surface area contributed by atoms with E-state index in [1.807, 2.05) is 17.4 Å². The molecule has 0 radical (unpaired) electrons. The molecule has 1 N–H and O–H groups in total. The molecule has 0 bridgehead atoms. The predicted molar refractivity (Wildman–Crippen MR) is 48.0 cm³/mol. The second-order valence-corrected chi connectivity index (χ2v) is 3.08. The average molecular weight is 166 g/mol. The first-order valence-corrected chi connectivity index (χ1v) is 4.46. The summed E-state index contributed by atoms with van der Waals surface area (Å²) in [4.78, 5) is 0. The average Bonchev–Trinajstić information content (AvgIpc) is 2.21. The quantitative estimate of drug-likeness (QED) is 0.622. The molecular weight excluding hydrogens is 152 g/mol. The fourth-order valence-corrected chi connectivity index (χ4v) is 1.54. The lowest BCUT2D eigenvalue weighted by Gasteiger charge is -2.35. The second kappa shape index (κ2) is 3.58. The zero-order chi connectivity index (χ0) is 8.23. The molecule has 0 aromatic rings. The summed E-state index contributed by atoms with van der Waals surface area (Å²) in [5.74, 6) is 0. The third-order valence-electron chi connectivity index (χ3n) is 2.19. The van der Waals surface area contributed by atoms with Gasteiger partial charge in [0.2, 0.25) is 0 Å². The minimum absolute atomic E-state index is 1.13. The molecule has 0 spiro atoms. The van der Waals surface area contributed by atoms with Crippen LogP contribution in [0.2, 0.25) is 0 Å². The van der Waals surface area contributed by atoms with Crippen LogP contribution >= 0.6 is 0 Å². The molecule has 0 amide bonds. The van der Waals surface area contributed by atoms with Crippen molar-refractivity contribution in [2.75, 3.05) is 13.1 Å². The first-order chi connectivity index (χ1) is 5.97. The smallest absolute Gasteiger partial charge is 0.0504 e. The molecule has 0 saturated carbocycles. The van der Waals surface area contributed by atoms with Gasteiger partial charge in [-0.15, -0.1) is 0 Å². The molecule has 0 aromatic heterocycles. The van der Waals surface area contributed by atoms with Crippen LogP contribution < -0.4 is 5.53 Å². The van der Waals surface area contributed by atoms with Crippen LogP contribution in [0.5, 0.6) is 0 Å². The van der Waals surface area contributed by atoms with Gasteiger partial charge in [-0.05, 0) is 18.9 Å². The largest absolute Gasteiger partial charge is 0.208 e. The molecule has 12 heavy (non-hydrogen) atoms. The van der Waals surface area contributed by atoms with Crippen LogP contribution in [0.25, 0.3) is 0 Å². The van der Waals surface area contributed by atoms with Gasteiger partial charge in [0.1, 0.15) is 0 Å². The molecule has 2 rings (SSSR count). The lowest BCUT2D eigenvalue weighted by molar-refractivity contribution is -0.0384. The van der Waals surface area contributed by atoms with E-state index in [2.05, 4.69) is 15.6 Å². The number of nitrogens with zero attached hydrogens (tertiary/aromatic N) is 3. The summed E-state index contributed by atoms with van der Waals surface area (Å²) >= 11 is 0. The zero-order valence-electron chi connectivity index (χ0n) is 7.11. The Kier molecular flexibility index (Phi) is 2.27. The number of hydrazone groups is 1. The summed E-state index contributed by atoms with van der Waals surface area (Å²) in [5.41, 5.74) is 2.93. The molecule has 0 aromatic carbocycles. The van der Waals surface area contributed by atoms with E-state index in [-0.39, 0.29) is 0 Å². The fraction of sp³-hybridized carbons (Fsp3) is 0.625. The van der Waals surface area contributed by atoms with E-state index in [4.69, 9.17) is 0 Å². The molecule has 4 nitrogen and oxygen atoms in total. The molecule has 0 unspecified atom stereocenters. The lowest BCUT2D eigenvalue weighted by atomic mass is 10.2. The van der Waals surface area contributed by atoms with Crippen molar-refractivity contribution in [2.24, 2.45) is 5.10 Å². The molecule has 1 fully saturated rings. The number of hydrogen-bond donors (Lipinski definition) is 1. The van der Waals surface area contributed by atoms with E-state index in [0.717, 1.165) is 13.1 Å². The molecule has 2 aliphatic rings. The summed E-state index contributed by atoms with van der Waals surface area (Å²) in [6.45, 7) is 2.26. The number of nitrogens with one attached hydrogen (secondary N) is 1. The van der Waals surface area contributed by atoms with Crippen LogP contribution in [0.15, 0.2) is 17.4 Å². The van der Waals surface area contributed by atoms with E-state index in [0.29, 0.717) is 0 Å². The van der Waals surface area contributed by atoms with Gasteiger partial charge in [-0.3, -0.25) is 0 Å². The maximum atomic E-state index is 3.96. The van der Waals surface area contributed by atoms with Crippen molar-refractivity contribution in [1.29, 1.82) is 0 Å². The molecule has 0 atom stereocenters. The number of allylic oxidation sites excluding steroid dienone is 1. The Morgan fingerprint density at radius 3 is 2.67 bits per heavy atom. The first kappa shape index (κ1) is 7.61. The van der Waals surface area contributed by atoms with Crippen molar-refractivity contribution in [2.45, 2.75) is 19.3 Å². The van der Waals surface area contributed by atoms with E-state index in [1.54, 1.807) is 6.21 Å². The lowest BCUT2D eigenvalue weighted by Crippen LogP contribution is -2.48. The van der Waals surface area contributed by atoms with Crippen molar-refractivity contribution in [3.8, 4) is 0 Å². The van der Waals surface area contributed by atoms with E-state index in [9.17, 15) is 0 Å². The van der Waals surface area contributed by atoms with Gasteiger partial charge < -0.3 is 0 Å². The normalized spacial score (nSPS) is 24.2. The Morgan fingerprint density at radius 2 is 2.00 bits per heavy atom. The van der Waals surface area contributed by atoms with Gasteiger partial charge in [0.25, 0.3) is 0 Å². The van der Waals surface area contributed by atoms with E-state index >= 15 is 0 Å². The van der Waals surface area contributed by atoms with E-state index < -0.39 is 0 Å². The van der Waals surface area contributed by atoms with Crippen LogP contribution in [0, 0.1) is 0 Å². The summed E-state index contributed by atoms with van der Waals surface area (Å²) in [6.07, 6.45) is 9.62. The number of rotatable bonds is 1. The van der Waals surface area contributed by atoms with Gasteiger partial charge in [0.05, 0.1) is 6.21 Å². The standard InChI is InChI=1S/C8H14N4/c1-2-6-11(7-3-1)12-8-4-5-9-10-12/h4-5,8,10H,1-3,6-7H2. The van der Waals surface area contributed by atoms with Crippen molar-refractivity contribution < 1.29 is 0 Å². The summed E-state index contributed by atoms with van der Waals surface area (Å²) < 4.78 is 0. The number of piperidine rings is 1. The van der Waals surface area contributed by atoms with Crippen molar-refractivity contribution in [1.82, 2.24) is 15.7 Å². The Balaban J connectivity index is 1.90. The Morgan fingerprint density at radius 1 is 1.17 bits per heavy atom. The number of hydrogen-bond acceptors (Lipinski definition) is 4. The van der Waals surface area contributed by atoms with Gasteiger partial charge in [-0.1, -0.05) is 6.42 Å². The highest BCUT2D eigenvalue weighted by atomic mass is 15.9. The molecule has 4 heteroatoms. The van der Waals surface area contributed by atoms with Crippen molar-refractivity contribution in [3.05, 3.63) is 12.3 Å². The SMILES string of the molecule is C1=CN(N2CCCCC2)NN=C1. The van der Waals surface area contributed by atoms with Crippen LogP contribution in [-0.4, -0.2) is 29.4 Å². The molecule has 1 saturated heterocycles. The van der Waals surface area contributed by atoms with E-state index in [1.165, 1.54) is 19.3 Å². The molecule has 2 aliphatic heterocycles. The van der Waals surface area contributed by atoms with Gasteiger partial charge in [0, 0.05) is 19.3 Å². The highest BCUT2D eigenvalue weighted by molar-refractivity contribution is 5.70. The fourth-order valence-electron chi connectivity index (χ4n) is 1.54. The van der Waals surface area contributed by atoms with Gasteiger partial charge in [0.15, 0.2) is 0 Å². The summed E-state index contributed by atoms with van der Waals surface area (Å²) in [7, 11) is 0. The monoisotopic (exact) mass is 166 g/mol. The van der Waals surface area contributed by atoms with Crippen molar-refractivity contribution >= 4 is 6.21 Å². The predicted octanol–water partition coefficient (Wildman–Crippen LogP) is 0.707. The van der Waals surface area contributed by atoms with Gasteiger partial charge >= 0.3 is 0 Å². The number of hydrazine groups is 2. The Hall–Kier alpha value is -1.03. The topological polar surface area (TPSA) is 30.9 Å². The van der Waals surface area contributed by atoms with Gasteiger partial charge in [-0.25, -0.2) is 15.7 Å². The van der Waals surface area contributed by atoms with Crippen LogP contribution in [-0.2, 0) is 0 Å². The maximum Gasteiger partial charge on any atom is 0.0504 e. The molecular formula is C8H14N4. The van der Waals surface area contributed by atoms with Crippen LogP contribution in [0.3, 0.4) is 0 Å². The van der Waals surface area contributed by atoms with Crippen LogP contribution in [0.4, 0.5) is 0 Å². The molecule has 66 valence electrons. The molecule has 0 aliphatic carbocycles. The maximum absolute atomic E-state index is 3.96. The second-order valence-electron chi connectivity index (χ2n) is 3.08. The third kappa shape index (κ3) is 1.58. The minimum atomic E-state index is 1.13. The summed E-state index contributed by atoms with van der Waals surface area (Å²) in [5, 5.41) is 8.19. The zero-order valence-corrected chi connectivity index (χ0v) is 7.11. The van der Waals surface area contributed by atoms with Crippen LogP contribution in [0.1, 0.15) is 19.3 Å². The van der Waals surface area contributed by atoms with Crippen molar-refractivity contribution in [3.63, 3.8) is 0 Å². The Labute approximate surface area is 72.5 Å². The highest BCUT2D eigenvalue weighted by Crippen LogP contribution is 2.10.